The lowest BCUT2D eigenvalue weighted by Crippen LogP contribution is -2.11. The maximum absolute atomic E-state index is 11.3. The van der Waals surface area contributed by atoms with Gasteiger partial charge in [0.15, 0.2) is 5.65 Å². The van der Waals surface area contributed by atoms with Gasteiger partial charge in [-0.3, -0.25) is 9.55 Å². The molecule has 1 N–H and O–H groups in total. The van der Waals surface area contributed by atoms with Gasteiger partial charge in [-0.25, -0.2) is 9.78 Å². The van der Waals surface area contributed by atoms with E-state index in [1.165, 1.54) is 0 Å². The van der Waals surface area contributed by atoms with Crippen LogP contribution in [0.4, 0.5) is 0 Å². The lowest BCUT2D eigenvalue weighted by Gasteiger charge is -2.03. The fourth-order valence-corrected chi connectivity index (χ4v) is 1.43. The van der Waals surface area contributed by atoms with E-state index in [-0.39, 0.29) is 5.69 Å². The molecule has 0 unspecified atom stereocenters. The van der Waals surface area contributed by atoms with E-state index >= 15 is 0 Å². The number of hydrogen-bond acceptors (Lipinski definition) is 2. The fraction of sp³-hybridized carbons (Fsp3) is 0.400. The molecular formula is C10H13N3O. The molecule has 4 heteroatoms. The Hall–Kier alpha value is -1.58. The number of nitrogens with zero attached hydrogens (tertiary/aromatic N) is 2. The van der Waals surface area contributed by atoms with E-state index in [0.717, 1.165) is 11.1 Å². The van der Waals surface area contributed by atoms with E-state index in [0.29, 0.717) is 11.6 Å². The summed E-state index contributed by atoms with van der Waals surface area (Å²) in [7, 11) is 1.74. The first kappa shape index (κ1) is 8.99. The zero-order valence-corrected chi connectivity index (χ0v) is 8.53. The predicted molar refractivity (Wildman–Crippen MR) is 55.4 cm³/mol. The van der Waals surface area contributed by atoms with Gasteiger partial charge in [-0.15, -0.1) is 0 Å². The van der Waals surface area contributed by atoms with Crippen molar-refractivity contribution in [1.29, 1.82) is 0 Å². The van der Waals surface area contributed by atoms with Crippen molar-refractivity contribution in [3.8, 4) is 0 Å². The average molecular weight is 191 g/mol. The number of aryl methyl sites for hydroxylation is 1. The second kappa shape index (κ2) is 2.97. The topological polar surface area (TPSA) is 50.7 Å². The summed E-state index contributed by atoms with van der Waals surface area (Å²) in [5, 5.41) is 0. The van der Waals surface area contributed by atoms with Gasteiger partial charge in [0.1, 0.15) is 0 Å². The largest absolute Gasteiger partial charge is 0.327 e. The van der Waals surface area contributed by atoms with Crippen molar-refractivity contribution in [3.05, 3.63) is 28.3 Å². The number of pyridine rings is 1. The van der Waals surface area contributed by atoms with E-state index in [2.05, 4.69) is 23.8 Å². The van der Waals surface area contributed by atoms with Crippen LogP contribution in [0.25, 0.3) is 11.2 Å². The summed E-state index contributed by atoms with van der Waals surface area (Å²) in [4.78, 5) is 18.2. The minimum Gasteiger partial charge on any atom is -0.294 e. The molecule has 0 aliphatic rings. The Morgan fingerprint density at radius 2 is 2.21 bits per heavy atom. The van der Waals surface area contributed by atoms with Crippen molar-refractivity contribution in [2.24, 2.45) is 7.05 Å². The highest BCUT2D eigenvalue weighted by Gasteiger charge is 2.06. The molecule has 0 saturated heterocycles. The van der Waals surface area contributed by atoms with Crippen LogP contribution in [0.2, 0.25) is 0 Å². The highest BCUT2D eigenvalue weighted by atomic mass is 16.1. The average Bonchev–Trinajstić information content (AvgIpc) is 2.43. The first-order valence-corrected chi connectivity index (χ1v) is 4.64. The van der Waals surface area contributed by atoms with Crippen LogP contribution in [-0.2, 0) is 7.05 Å². The number of aromatic nitrogens is 3. The van der Waals surface area contributed by atoms with Crippen molar-refractivity contribution in [3.63, 3.8) is 0 Å². The van der Waals surface area contributed by atoms with Gasteiger partial charge < -0.3 is 0 Å². The Morgan fingerprint density at radius 1 is 1.50 bits per heavy atom. The maximum Gasteiger partial charge on any atom is 0.327 e. The van der Waals surface area contributed by atoms with Gasteiger partial charge in [0.05, 0.1) is 5.52 Å². The van der Waals surface area contributed by atoms with Crippen molar-refractivity contribution in [1.82, 2.24) is 14.5 Å². The Bertz CT molecular complexity index is 522. The molecule has 0 saturated carbocycles. The molecule has 74 valence electrons. The van der Waals surface area contributed by atoms with Gasteiger partial charge in [-0.2, -0.15) is 0 Å². The second-order valence-electron chi connectivity index (χ2n) is 3.78. The number of aromatic amines is 1. The van der Waals surface area contributed by atoms with Crippen LogP contribution in [-0.4, -0.2) is 14.5 Å². The summed E-state index contributed by atoms with van der Waals surface area (Å²) in [5.41, 5.74) is 2.55. The summed E-state index contributed by atoms with van der Waals surface area (Å²) < 4.78 is 1.58. The number of H-pyrrole nitrogens is 1. The number of hydrogen-bond donors (Lipinski definition) is 1. The molecule has 4 nitrogen and oxygen atoms in total. The second-order valence-corrected chi connectivity index (χ2v) is 3.78. The summed E-state index contributed by atoms with van der Waals surface area (Å²) in [6, 6.07) is 2.00. The van der Waals surface area contributed by atoms with Crippen molar-refractivity contribution in [2.75, 3.05) is 0 Å². The van der Waals surface area contributed by atoms with Gasteiger partial charge in [0, 0.05) is 13.2 Å². The Balaban J connectivity index is 2.76. The molecule has 2 aromatic heterocycles. The normalized spacial score (nSPS) is 11.4. The monoisotopic (exact) mass is 191 g/mol. The van der Waals surface area contributed by atoms with E-state index in [1.807, 2.05) is 12.3 Å². The van der Waals surface area contributed by atoms with Gasteiger partial charge in [0.2, 0.25) is 0 Å². The quantitative estimate of drug-likeness (QED) is 0.740. The molecule has 0 atom stereocenters. The standard InChI is InChI=1S/C10H13N3O/c1-6(2)7-4-8-9(11-5-7)12-10(14)13(8)3/h4-6H,1-3H3,(H,11,12,14). The highest BCUT2D eigenvalue weighted by Crippen LogP contribution is 2.16. The van der Waals surface area contributed by atoms with E-state index in [1.54, 1.807) is 11.6 Å². The van der Waals surface area contributed by atoms with Crippen LogP contribution in [0.15, 0.2) is 17.1 Å². The number of fused-ring (bicyclic) bond motifs is 1. The van der Waals surface area contributed by atoms with Gasteiger partial charge in [-0.05, 0) is 17.5 Å². The Morgan fingerprint density at radius 3 is 2.86 bits per heavy atom. The zero-order valence-electron chi connectivity index (χ0n) is 8.53. The third kappa shape index (κ3) is 1.23. The molecule has 0 radical (unpaired) electrons. The summed E-state index contributed by atoms with van der Waals surface area (Å²) >= 11 is 0. The molecular weight excluding hydrogens is 178 g/mol. The van der Waals surface area contributed by atoms with Crippen molar-refractivity contribution < 1.29 is 0 Å². The molecule has 0 aliphatic carbocycles. The molecule has 0 spiro atoms. The molecule has 0 aliphatic heterocycles. The highest BCUT2D eigenvalue weighted by molar-refractivity contribution is 5.71. The van der Waals surface area contributed by atoms with E-state index in [9.17, 15) is 4.79 Å². The summed E-state index contributed by atoms with van der Waals surface area (Å²) in [5.74, 6) is 0.428. The molecule has 2 aromatic rings. The Labute approximate surface area is 81.6 Å². The van der Waals surface area contributed by atoms with Gasteiger partial charge in [-0.1, -0.05) is 13.8 Å². The number of rotatable bonds is 1. The number of imidazole rings is 1. The zero-order chi connectivity index (χ0) is 10.3. The summed E-state index contributed by atoms with van der Waals surface area (Å²) in [6.45, 7) is 4.21. The minimum atomic E-state index is -0.117. The lowest BCUT2D eigenvalue weighted by atomic mass is 10.1. The van der Waals surface area contributed by atoms with Crippen molar-refractivity contribution >= 4 is 11.2 Å². The van der Waals surface area contributed by atoms with Gasteiger partial charge in [0.25, 0.3) is 0 Å². The first-order chi connectivity index (χ1) is 6.59. The molecule has 0 aromatic carbocycles. The van der Waals surface area contributed by atoms with Crippen LogP contribution in [0.5, 0.6) is 0 Å². The third-order valence-corrected chi connectivity index (χ3v) is 2.45. The smallest absolute Gasteiger partial charge is 0.294 e. The molecule has 0 bridgehead atoms. The fourth-order valence-electron chi connectivity index (χ4n) is 1.43. The lowest BCUT2D eigenvalue weighted by molar-refractivity contribution is 0.855. The van der Waals surface area contributed by atoms with Crippen LogP contribution in [0, 0.1) is 0 Å². The first-order valence-electron chi connectivity index (χ1n) is 4.64. The Kier molecular flexibility index (Phi) is 1.91. The van der Waals surface area contributed by atoms with Crippen LogP contribution >= 0.6 is 0 Å². The summed E-state index contributed by atoms with van der Waals surface area (Å²) in [6.07, 6.45) is 1.81. The molecule has 2 heterocycles. The van der Waals surface area contributed by atoms with E-state index in [4.69, 9.17) is 0 Å². The van der Waals surface area contributed by atoms with Crippen molar-refractivity contribution in [2.45, 2.75) is 19.8 Å². The maximum atomic E-state index is 11.3. The van der Waals surface area contributed by atoms with E-state index < -0.39 is 0 Å². The minimum absolute atomic E-state index is 0.117. The predicted octanol–water partition coefficient (Wildman–Crippen LogP) is 1.39. The van der Waals surface area contributed by atoms with Crippen LogP contribution < -0.4 is 5.69 Å². The molecule has 0 fully saturated rings. The SMILES string of the molecule is CC(C)c1cnc2[nH]c(=O)n(C)c2c1. The third-order valence-electron chi connectivity index (χ3n) is 2.45. The molecule has 14 heavy (non-hydrogen) atoms. The number of nitrogens with one attached hydrogen (secondary N) is 1. The van der Waals surface area contributed by atoms with Gasteiger partial charge >= 0.3 is 5.69 Å². The molecule has 2 rings (SSSR count). The van der Waals surface area contributed by atoms with Crippen LogP contribution in [0.1, 0.15) is 25.3 Å². The molecule has 0 amide bonds. The van der Waals surface area contributed by atoms with Crippen LogP contribution in [0.3, 0.4) is 0 Å².